The van der Waals surface area contributed by atoms with Crippen molar-refractivity contribution >= 4 is 23.8 Å². The molecule has 2 amide bonds. The van der Waals surface area contributed by atoms with Crippen molar-refractivity contribution in [2.24, 2.45) is 5.41 Å². The van der Waals surface area contributed by atoms with Crippen LogP contribution in [0.5, 0.6) is 0 Å². The van der Waals surface area contributed by atoms with Crippen LogP contribution in [0.3, 0.4) is 0 Å². The molecular weight excluding hydrogens is 240 g/mol. The van der Waals surface area contributed by atoms with Gasteiger partial charge in [-0.1, -0.05) is 20.8 Å². The van der Waals surface area contributed by atoms with Crippen molar-refractivity contribution in [1.82, 2.24) is 10.6 Å². The normalized spacial score (nSPS) is 14.9. The summed E-state index contributed by atoms with van der Waals surface area (Å²) >= 11 is 1.62. The van der Waals surface area contributed by atoms with E-state index in [-0.39, 0.29) is 6.04 Å². The molecule has 2 atom stereocenters. The quantitative estimate of drug-likeness (QED) is 0.702. The van der Waals surface area contributed by atoms with E-state index in [1.165, 1.54) is 0 Å². The minimum Gasteiger partial charge on any atom is -0.480 e. The van der Waals surface area contributed by atoms with Crippen LogP contribution in [0.2, 0.25) is 0 Å². The Labute approximate surface area is 107 Å². The molecule has 0 spiro atoms. The maximum atomic E-state index is 11.6. The van der Waals surface area contributed by atoms with Crippen LogP contribution < -0.4 is 10.6 Å². The van der Waals surface area contributed by atoms with Crippen LogP contribution in [0.1, 0.15) is 27.7 Å². The second-order valence-electron chi connectivity index (χ2n) is 5.11. The fourth-order valence-electron chi connectivity index (χ4n) is 1.34. The first-order valence-electron chi connectivity index (χ1n) is 5.47. The summed E-state index contributed by atoms with van der Waals surface area (Å²) in [5.74, 6) is -0.231. The summed E-state index contributed by atoms with van der Waals surface area (Å²) in [6.07, 6.45) is 1.95. The van der Waals surface area contributed by atoms with E-state index in [2.05, 4.69) is 10.6 Å². The number of thioether (sulfide) groups is 1. The van der Waals surface area contributed by atoms with Crippen LogP contribution in [0.25, 0.3) is 0 Å². The number of aliphatic carboxylic acids is 1. The zero-order chi connectivity index (χ0) is 13.6. The molecule has 1 unspecified atom stereocenters. The van der Waals surface area contributed by atoms with E-state index < -0.39 is 23.5 Å². The Bertz CT molecular complexity index is 276. The van der Waals surface area contributed by atoms with E-state index >= 15 is 0 Å². The Morgan fingerprint density at radius 2 is 1.82 bits per heavy atom. The lowest BCUT2D eigenvalue weighted by Gasteiger charge is -2.28. The summed E-state index contributed by atoms with van der Waals surface area (Å²) in [6, 6.07) is -1.32. The van der Waals surface area contributed by atoms with E-state index in [4.69, 9.17) is 5.11 Å². The number of hydrogen-bond donors (Lipinski definition) is 3. The van der Waals surface area contributed by atoms with Crippen LogP contribution in [-0.2, 0) is 4.79 Å². The average Bonchev–Trinajstić information content (AvgIpc) is 2.12. The maximum Gasteiger partial charge on any atom is 0.326 e. The predicted molar refractivity (Wildman–Crippen MR) is 70.4 cm³/mol. The van der Waals surface area contributed by atoms with Gasteiger partial charge in [0.15, 0.2) is 0 Å². The van der Waals surface area contributed by atoms with Gasteiger partial charge in [-0.05, 0) is 18.6 Å². The zero-order valence-electron chi connectivity index (χ0n) is 11.0. The van der Waals surface area contributed by atoms with Gasteiger partial charge in [0.2, 0.25) is 0 Å². The second-order valence-corrected chi connectivity index (χ2v) is 6.02. The van der Waals surface area contributed by atoms with Crippen molar-refractivity contribution in [3.05, 3.63) is 0 Å². The van der Waals surface area contributed by atoms with Crippen molar-refractivity contribution in [3.63, 3.8) is 0 Å². The van der Waals surface area contributed by atoms with Crippen molar-refractivity contribution in [1.29, 1.82) is 0 Å². The van der Waals surface area contributed by atoms with Gasteiger partial charge in [-0.15, -0.1) is 0 Å². The lowest BCUT2D eigenvalue weighted by atomic mass is 9.87. The van der Waals surface area contributed by atoms with Crippen molar-refractivity contribution in [2.45, 2.75) is 39.8 Å². The van der Waals surface area contributed by atoms with E-state index in [0.29, 0.717) is 0 Å². The summed E-state index contributed by atoms with van der Waals surface area (Å²) in [7, 11) is 0. The highest BCUT2D eigenvalue weighted by molar-refractivity contribution is 7.98. The highest BCUT2D eigenvalue weighted by Gasteiger charge is 2.32. The van der Waals surface area contributed by atoms with E-state index in [0.717, 1.165) is 5.75 Å². The number of nitrogens with one attached hydrogen (secondary N) is 2. The monoisotopic (exact) mass is 262 g/mol. The summed E-state index contributed by atoms with van der Waals surface area (Å²) < 4.78 is 0. The van der Waals surface area contributed by atoms with Crippen LogP contribution >= 0.6 is 11.8 Å². The van der Waals surface area contributed by atoms with Gasteiger partial charge in [0.1, 0.15) is 6.04 Å². The zero-order valence-corrected chi connectivity index (χ0v) is 11.9. The predicted octanol–water partition coefficient (Wildman–Crippen LogP) is 1.54. The molecule has 0 bridgehead atoms. The summed E-state index contributed by atoms with van der Waals surface area (Å²) in [4.78, 5) is 22.6. The van der Waals surface area contributed by atoms with Crippen LogP contribution in [-0.4, -0.2) is 41.2 Å². The van der Waals surface area contributed by atoms with E-state index in [9.17, 15) is 9.59 Å². The Balaban J connectivity index is 4.38. The molecule has 0 aliphatic rings. The Kier molecular flexibility index (Phi) is 6.37. The minimum atomic E-state index is -1.02. The van der Waals surface area contributed by atoms with Gasteiger partial charge in [-0.2, -0.15) is 11.8 Å². The lowest BCUT2D eigenvalue weighted by Crippen LogP contribution is -2.53. The van der Waals surface area contributed by atoms with Crippen molar-refractivity contribution < 1.29 is 14.7 Å². The first-order chi connectivity index (χ1) is 7.68. The number of carboxylic acid groups (broad SMARTS) is 1. The van der Waals surface area contributed by atoms with Gasteiger partial charge >= 0.3 is 12.0 Å². The third kappa shape index (κ3) is 6.41. The molecule has 0 aliphatic carbocycles. The van der Waals surface area contributed by atoms with Gasteiger partial charge in [0.05, 0.1) is 0 Å². The molecule has 5 nitrogen and oxygen atoms in total. The molecule has 0 aromatic carbocycles. The molecule has 6 heteroatoms. The molecule has 0 rings (SSSR count). The standard InChI is InChI=1S/C11H22N2O3S/c1-7(6-17-5)12-10(16)13-8(9(14)15)11(2,3)4/h7-8H,6H2,1-5H3,(H,14,15)(H2,12,13,16)/t7?,8-/m0/s1. The average molecular weight is 262 g/mol. The second kappa shape index (κ2) is 6.74. The van der Waals surface area contributed by atoms with Crippen LogP contribution in [0, 0.1) is 5.41 Å². The third-order valence-electron chi connectivity index (χ3n) is 2.18. The maximum absolute atomic E-state index is 11.6. The minimum absolute atomic E-state index is 0.0133. The van der Waals surface area contributed by atoms with Gasteiger partial charge in [-0.25, -0.2) is 9.59 Å². The summed E-state index contributed by atoms with van der Waals surface area (Å²) in [5, 5.41) is 14.2. The van der Waals surface area contributed by atoms with Crippen molar-refractivity contribution in [3.8, 4) is 0 Å². The Hall–Kier alpha value is -0.910. The van der Waals surface area contributed by atoms with Gasteiger partial charge < -0.3 is 15.7 Å². The Morgan fingerprint density at radius 1 is 1.29 bits per heavy atom. The van der Waals surface area contributed by atoms with Crippen molar-refractivity contribution in [2.75, 3.05) is 12.0 Å². The molecule has 17 heavy (non-hydrogen) atoms. The molecule has 0 aromatic rings. The Morgan fingerprint density at radius 3 is 2.18 bits per heavy atom. The highest BCUT2D eigenvalue weighted by atomic mass is 32.2. The topological polar surface area (TPSA) is 78.4 Å². The first-order valence-corrected chi connectivity index (χ1v) is 6.86. The van der Waals surface area contributed by atoms with Crippen LogP contribution in [0.4, 0.5) is 4.79 Å². The number of carbonyl (C=O) groups is 2. The van der Waals surface area contributed by atoms with E-state index in [1.54, 1.807) is 32.5 Å². The SMILES string of the molecule is CSCC(C)NC(=O)N[C@@H](C(=O)O)C(C)(C)C. The molecule has 0 aromatic heterocycles. The molecule has 0 aliphatic heterocycles. The molecule has 3 N–H and O–H groups in total. The number of rotatable bonds is 5. The molecular formula is C11H22N2O3S. The lowest BCUT2D eigenvalue weighted by molar-refractivity contribution is -0.141. The number of carbonyl (C=O) groups excluding carboxylic acids is 1. The van der Waals surface area contributed by atoms with Gasteiger partial charge in [-0.3, -0.25) is 0 Å². The smallest absolute Gasteiger partial charge is 0.326 e. The molecule has 0 heterocycles. The largest absolute Gasteiger partial charge is 0.480 e. The fraction of sp³-hybridized carbons (Fsp3) is 0.818. The van der Waals surface area contributed by atoms with E-state index in [1.807, 2.05) is 13.2 Å². The number of urea groups is 1. The molecule has 100 valence electrons. The van der Waals surface area contributed by atoms with Gasteiger partial charge in [0, 0.05) is 11.8 Å². The molecule has 0 radical (unpaired) electrons. The third-order valence-corrected chi connectivity index (χ3v) is 3.02. The number of carboxylic acids is 1. The molecule has 0 fully saturated rings. The molecule has 0 saturated carbocycles. The number of hydrogen-bond acceptors (Lipinski definition) is 3. The molecule has 0 saturated heterocycles. The first kappa shape index (κ1) is 16.1. The van der Waals surface area contributed by atoms with Crippen LogP contribution in [0.15, 0.2) is 0 Å². The fourth-order valence-corrected chi connectivity index (χ4v) is 1.92. The van der Waals surface area contributed by atoms with Gasteiger partial charge in [0.25, 0.3) is 0 Å². The number of amides is 2. The highest BCUT2D eigenvalue weighted by Crippen LogP contribution is 2.19. The summed E-state index contributed by atoms with van der Waals surface area (Å²) in [6.45, 7) is 7.20. The summed E-state index contributed by atoms with van der Waals surface area (Å²) in [5.41, 5.74) is -0.522.